The van der Waals surface area contributed by atoms with E-state index in [9.17, 15) is 9.59 Å². The van der Waals surface area contributed by atoms with Crippen molar-refractivity contribution in [3.63, 3.8) is 0 Å². The van der Waals surface area contributed by atoms with Crippen molar-refractivity contribution in [2.45, 2.75) is 0 Å². The highest BCUT2D eigenvalue weighted by atomic mass is 16.1. The van der Waals surface area contributed by atoms with Crippen LogP contribution in [-0.4, -0.2) is 0 Å². The van der Waals surface area contributed by atoms with Crippen molar-refractivity contribution in [3.8, 4) is 0 Å². The van der Waals surface area contributed by atoms with Gasteiger partial charge in [0.1, 0.15) is 0 Å². The second-order valence-corrected chi connectivity index (χ2v) is 8.02. The zero-order valence-electron chi connectivity index (χ0n) is 15.9. The lowest BCUT2D eigenvalue weighted by Gasteiger charge is -2.06. The summed E-state index contributed by atoms with van der Waals surface area (Å²) in [6.07, 6.45) is 0. The first-order valence-electron chi connectivity index (χ1n) is 10.0. The quantitative estimate of drug-likeness (QED) is 0.293. The molecular formula is C28H14O2. The topological polar surface area (TPSA) is 34.1 Å². The average Bonchev–Trinajstić information content (AvgIpc) is 3.25. The summed E-state index contributed by atoms with van der Waals surface area (Å²) in [4.78, 5) is 26.2. The van der Waals surface area contributed by atoms with Crippen LogP contribution in [0.2, 0.25) is 0 Å². The minimum Gasteiger partial charge on any atom is -0.289 e. The molecule has 0 atom stereocenters. The van der Waals surface area contributed by atoms with Gasteiger partial charge in [0, 0.05) is 21.5 Å². The van der Waals surface area contributed by atoms with Gasteiger partial charge >= 0.3 is 0 Å². The molecule has 0 spiro atoms. The predicted molar refractivity (Wildman–Crippen MR) is 126 cm³/mol. The van der Waals surface area contributed by atoms with Gasteiger partial charge in [-0.15, -0.1) is 0 Å². The van der Waals surface area contributed by atoms with Gasteiger partial charge in [-0.05, 0) is 55.2 Å². The molecule has 0 aliphatic rings. The van der Waals surface area contributed by atoms with E-state index in [1.54, 1.807) is 0 Å². The highest BCUT2D eigenvalue weighted by Gasteiger charge is 2.16. The normalized spacial score (nSPS) is 12.3. The van der Waals surface area contributed by atoms with E-state index in [2.05, 4.69) is 24.3 Å². The Morgan fingerprint density at radius 2 is 0.900 bits per heavy atom. The fraction of sp³-hybridized carbons (Fsp3) is 0. The molecule has 0 amide bonds. The van der Waals surface area contributed by atoms with E-state index in [4.69, 9.17) is 0 Å². The Kier molecular flexibility index (Phi) is 2.80. The van der Waals surface area contributed by atoms with Crippen molar-refractivity contribution in [3.05, 3.63) is 105 Å². The van der Waals surface area contributed by atoms with Crippen LogP contribution in [-0.2, 0) is 0 Å². The zero-order chi connectivity index (χ0) is 20.0. The zero-order valence-corrected chi connectivity index (χ0v) is 15.9. The highest BCUT2D eigenvalue weighted by molar-refractivity contribution is 6.26. The summed E-state index contributed by atoms with van der Waals surface area (Å²) in [5, 5.41) is 11.1. The van der Waals surface area contributed by atoms with E-state index in [0.29, 0.717) is 0 Å². The summed E-state index contributed by atoms with van der Waals surface area (Å²) in [6, 6.07) is 27.9. The van der Waals surface area contributed by atoms with Crippen LogP contribution in [0.3, 0.4) is 0 Å². The van der Waals surface area contributed by atoms with Crippen LogP contribution in [0.15, 0.2) is 94.5 Å². The molecule has 2 nitrogen and oxygen atoms in total. The van der Waals surface area contributed by atoms with Crippen molar-refractivity contribution < 1.29 is 0 Å². The van der Waals surface area contributed by atoms with Gasteiger partial charge in [-0.1, -0.05) is 72.8 Å². The molecule has 7 aromatic carbocycles. The molecule has 0 saturated carbocycles. The van der Waals surface area contributed by atoms with Crippen LogP contribution in [0.4, 0.5) is 0 Å². The highest BCUT2D eigenvalue weighted by Crippen LogP contribution is 2.36. The molecule has 0 bridgehead atoms. The number of rotatable bonds is 0. The molecule has 30 heavy (non-hydrogen) atoms. The molecule has 0 aromatic heterocycles. The van der Waals surface area contributed by atoms with Crippen LogP contribution < -0.4 is 10.9 Å². The fourth-order valence-electron chi connectivity index (χ4n) is 5.18. The summed E-state index contributed by atoms with van der Waals surface area (Å²) in [7, 11) is 0. The monoisotopic (exact) mass is 382 g/mol. The van der Waals surface area contributed by atoms with Gasteiger partial charge in [0.25, 0.3) is 0 Å². The maximum Gasteiger partial charge on any atom is 0.194 e. The summed E-state index contributed by atoms with van der Waals surface area (Å²) in [6.45, 7) is 0. The van der Waals surface area contributed by atoms with E-state index in [1.165, 1.54) is 0 Å². The van der Waals surface area contributed by atoms with E-state index in [0.717, 1.165) is 64.6 Å². The molecule has 0 unspecified atom stereocenters. The first-order chi connectivity index (χ1) is 14.7. The van der Waals surface area contributed by atoms with Gasteiger partial charge in [-0.2, -0.15) is 0 Å². The molecule has 7 rings (SSSR count). The van der Waals surface area contributed by atoms with E-state index in [-0.39, 0.29) is 10.9 Å². The molecule has 0 aliphatic carbocycles. The second kappa shape index (κ2) is 5.31. The van der Waals surface area contributed by atoms with Crippen LogP contribution in [0, 0.1) is 0 Å². The second-order valence-electron chi connectivity index (χ2n) is 8.02. The van der Waals surface area contributed by atoms with Crippen molar-refractivity contribution >= 4 is 64.6 Å². The van der Waals surface area contributed by atoms with Gasteiger partial charge < -0.3 is 0 Å². The van der Waals surface area contributed by atoms with Crippen LogP contribution in [0.1, 0.15) is 0 Å². The molecule has 0 aliphatic heterocycles. The molecule has 0 fully saturated rings. The Hall–Kier alpha value is -4.04. The van der Waals surface area contributed by atoms with Gasteiger partial charge in [0.15, 0.2) is 10.9 Å². The third-order valence-electron chi connectivity index (χ3n) is 6.55. The summed E-state index contributed by atoms with van der Waals surface area (Å²) in [5.74, 6) is 0. The average molecular weight is 382 g/mol. The van der Waals surface area contributed by atoms with E-state index < -0.39 is 0 Å². The SMILES string of the molecule is O=c1c2ccccc2c2cc3ccc4c(ccc5c6ccccc6c(=O)c54)c3cc12. The maximum atomic E-state index is 13.2. The van der Waals surface area contributed by atoms with Crippen molar-refractivity contribution in [2.75, 3.05) is 0 Å². The van der Waals surface area contributed by atoms with Crippen molar-refractivity contribution in [1.29, 1.82) is 0 Å². The van der Waals surface area contributed by atoms with E-state index >= 15 is 0 Å². The summed E-state index contributed by atoms with van der Waals surface area (Å²) < 4.78 is 0. The molecule has 138 valence electrons. The first-order valence-corrected chi connectivity index (χ1v) is 10.0. The molecule has 0 radical (unpaired) electrons. The van der Waals surface area contributed by atoms with E-state index in [1.807, 2.05) is 60.7 Å². The summed E-state index contributed by atoms with van der Waals surface area (Å²) >= 11 is 0. The third-order valence-corrected chi connectivity index (χ3v) is 6.55. The lowest BCUT2D eigenvalue weighted by atomic mass is 9.97. The number of hydrogen-bond acceptors (Lipinski definition) is 2. The largest absolute Gasteiger partial charge is 0.289 e. The Morgan fingerprint density at radius 1 is 0.367 bits per heavy atom. The van der Waals surface area contributed by atoms with Crippen LogP contribution in [0.5, 0.6) is 0 Å². The molecule has 0 heterocycles. The van der Waals surface area contributed by atoms with Gasteiger partial charge in [0.05, 0.1) is 0 Å². The Balaban J connectivity index is 1.72. The smallest absolute Gasteiger partial charge is 0.194 e. The fourth-order valence-corrected chi connectivity index (χ4v) is 5.18. The minimum absolute atomic E-state index is 0.0733. The van der Waals surface area contributed by atoms with Crippen molar-refractivity contribution in [2.24, 2.45) is 0 Å². The predicted octanol–water partition coefficient (Wildman–Crippen LogP) is 6.20. The maximum absolute atomic E-state index is 13.2. The lowest BCUT2D eigenvalue weighted by molar-refractivity contribution is 1.80. The van der Waals surface area contributed by atoms with Gasteiger partial charge in [0.2, 0.25) is 0 Å². The molecular weight excluding hydrogens is 368 g/mol. The Labute approximate surface area is 170 Å². The Bertz CT molecular complexity index is 1920. The minimum atomic E-state index is 0.0733. The third kappa shape index (κ3) is 1.79. The molecule has 7 aromatic rings. The first kappa shape index (κ1) is 15.8. The number of hydrogen-bond donors (Lipinski definition) is 0. The van der Waals surface area contributed by atoms with Crippen molar-refractivity contribution in [1.82, 2.24) is 0 Å². The van der Waals surface area contributed by atoms with Gasteiger partial charge in [-0.25, -0.2) is 0 Å². The standard InChI is InChI=1S/C28H14O2/c29-27-21-7-3-2-6-17(21)24-13-15-9-10-19-18(23(15)14-25(24)27)11-12-20-16-5-1-4-8-22(16)28(30)26(19)20/h1-14H. The van der Waals surface area contributed by atoms with Crippen LogP contribution in [0.25, 0.3) is 64.6 Å². The van der Waals surface area contributed by atoms with Crippen LogP contribution >= 0.6 is 0 Å². The Morgan fingerprint density at radius 3 is 1.63 bits per heavy atom. The molecule has 2 heteroatoms. The van der Waals surface area contributed by atoms with Gasteiger partial charge in [-0.3, -0.25) is 9.59 Å². The number of fused-ring (bicyclic) bond motifs is 10. The summed E-state index contributed by atoms with van der Waals surface area (Å²) in [5.41, 5.74) is 0.152. The molecule has 0 N–H and O–H groups in total. The number of benzene rings is 5. The lowest BCUT2D eigenvalue weighted by Crippen LogP contribution is -1.95. The molecule has 0 saturated heterocycles.